The number of hydrogen-bond acceptors (Lipinski definition) is 3. The van der Waals surface area contributed by atoms with Gasteiger partial charge < -0.3 is 4.90 Å². The van der Waals surface area contributed by atoms with Gasteiger partial charge in [-0.3, -0.25) is 5.32 Å². The summed E-state index contributed by atoms with van der Waals surface area (Å²) in [5.74, 6) is 1.32. The summed E-state index contributed by atoms with van der Waals surface area (Å²) in [7, 11) is 0. The minimum Gasteiger partial charge on any atom is -0.301 e. The minimum atomic E-state index is 0.421. The fraction of sp³-hybridized carbons (Fsp3) is 1.00. The molecule has 0 aromatic heterocycles. The molecule has 0 radical (unpaired) electrons. The lowest BCUT2D eigenvalue weighted by Gasteiger charge is -2.29. The molecule has 2 aliphatic heterocycles. The van der Waals surface area contributed by atoms with Gasteiger partial charge in [0.05, 0.1) is 4.87 Å². The third kappa shape index (κ3) is 2.74. The number of rotatable bonds is 2. The molecule has 2 rings (SSSR count). The second-order valence-electron chi connectivity index (χ2n) is 5.54. The Morgan fingerprint density at radius 2 is 2.19 bits per heavy atom. The van der Waals surface area contributed by atoms with Gasteiger partial charge in [-0.05, 0) is 46.1 Å². The molecule has 1 N–H and O–H groups in total. The molecule has 0 saturated carbocycles. The number of nitrogens with one attached hydrogen (secondary N) is 1. The van der Waals surface area contributed by atoms with Crippen molar-refractivity contribution in [2.45, 2.75) is 63.4 Å². The smallest absolute Gasteiger partial charge is 0.0660 e. The predicted molar refractivity (Wildman–Crippen MR) is 73.0 cm³/mol. The van der Waals surface area contributed by atoms with Crippen molar-refractivity contribution in [1.82, 2.24) is 10.2 Å². The molecule has 3 heteroatoms. The van der Waals surface area contributed by atoms with Gasteiger partial charge in [0.25, 0.3) is 0 Å². The van der Waals surface area contributed by atoms with E-state index in [0.29, 0.717) is 10.9 Å². The molecule has 0 aliphatic carbocycles. The van der Waals surface area contributed by atoms with Crippen molar-refractivity contribution in [3.63, 3.8) is 0 Å². The lowest BCUT2D eigenvalue weighted by atomic mass is 10.1. The molecule has 2 saturated heterocycles. The maximum atomic E-state index is 3.89. The van der Waals surface area contributed by atoms with Crippen molar-refractivity contribution in [2.24, 2.45) is 0 Å². The van der Waals surface area contributed by atoms with Gasteiger partial charge in [0.2, 0.25) is 0 Å². The summed E-state index contributed by atoms with van der Waals surface area (Å²) in [5.41, 5.74) is 0. The molecule has 0 aromatic rings. The summed E-state index contributed by atoms with van der Waals surface area (Å²) in [6.45, 7) is 9.50. The Balaban J connectivity index is 1.93. The maximum Gasteiger partial charge on any atom is 0.0660 e. The van der Waals surface area contributed by atoms with Gasteiger partial charge in [0.1, 0.15) is 0 Å². The minimum absolute atomic E-state index is 0.421. The standard InChI is InChI=1S/C13H26N2S/c1-4-12-10-16-13(14-12)6-5-8-15(9-7-13)11(2)3/h11-12,14H,4-10H2,1-3H3. The number of nitrogens with zero attached hydrogens (tertiary/aromatic N) is 1. The van der Waals surface area contributed by atoms with Crippen LogP contribution in [0.4, 0.5) is 0 Å². The van der Waals surface area contributed by atoms with Crippen molar-refractivity contribution < 1.29 is 0 Å². The molecule has 1 spiro atoms. The third-order valence-corrected chi connectivity index (χ3v) is 5.73. The number of hydrogen-bond donors (Lipinski definition) is 1. The van der Waals surface area contributed by atoms with E-state index in [9.17, 15) is 0 Å². The lowest BCUT2D eigenvalue weighted by Crippen LogP contribution is -2.42. The van der Waals surface area contributed by atoms with Gasteiger partial charge in [-0.1, -0.05) is 6.92 Å². The van der Waals surface area contributed by atoms with E-state index in [1.54, 1.807) is 0 Å². The molecule has 2 fully saturated rings. The second-order valence-corrected chi connectivity index (χ2v) is 6.94. The monoisotopic (exact) mass is 242 g/mol. The first kappa shape index (κ1) is 12.7. The van der Waals surface area contributed by atoms with E-state index in [1.165, 1.54) is 44.5 Å². The molecule has 94 valence electrons. The topological polar surface area (TPSA) is 15.3 Å². The van der Waals surface area contributed by atoms with Crippen LogP contribution in [-0.2, 0) is 0 Å². The Bertz CT molecular complexity index is 232. The zero-order valence-electron chi connectivity index (χ0n) is 11.0. The first-order valence-corrected chi connectivity index (χ1v) is 7.79. The van der Waals surface area contributed by atoms with Crippen LogP contribution in [0.2, 0.25) is 0 Å². The molecule has 2 aliphatic rings. The van der Waals surface area contributed by atoms with Crippen molar-refractivity contribution in [3.05, 3.63) is 0 Å². The van der Waals surface area contributed by atoms with Crippen LogP contribution in [0.15, 0.2) is 0 Å². The summed E-state index contributed by atoms with van der Waals surface area (Å²) in [6.07, 6.45) is 5.32. The van der Waals surface area contributed by atoms with E-state index < -0.39 is 0 Å². The summed E-state index contributed by atoms with van der Waals surface area (Å²) in [6, 6.07) is 1.47. The van der Waals surface area contributed by atoms with Crippen LogP contribution in [0.3, 0.4) is 0 Å². The molecule has 0 aromatic carbocycles. The van der Waals surface area contributed by atoms with Crippen molar-refractivity contribution in [1.29, 1.82) is 0 Å². The summed E-state index contributed by atoms with van der Waals surface area (Å²) in [4.78, 5) is 3.06. The van der Waals surface area contributed by atoms with Crippen molar-refractivity contribution in [3.8, 4) is 0 Å². The van der Waals surface area contributed by atoms with Gasteiger partial charge in [-0.25, -0.2) is 0 Å². The molecule has 2 nitrogen and oxygen atoms in total. The summed E-state index contributed by atoms with van der Waals surface area (Å²) >= 11 is 2.19. The van der Waals surface area contributed by atoms with Crippen molar-refractivity contribution >= 4 is 11.8 Å². The van der Waals surface area contributed by atoms with Crippen molar-refractivity contribution in [2.75, 3.05) is 18.8 Å². The zero-order chi connectivity index (χ0) is 11.6. The molecular formula is C13H26N2S. The van der Waals surface area contributed by atoms with Crippen LogP contribution in [0.25, 0.3) is 0 Å². The highest BCUT2D eigenvalue weighted by molar-refractivity contribution is 8.00. The highest BCUT2D eigenvalue weighted by Gasteiger charge is 2.39. The van der Waals surface area contributed by atoms with E-state index in [1.807, 2.05) is 0 Å². The average molecular weight is 242 g/mol. The second kappa shape index (κ2) is 5.28. The Morgan fingerprint density at radius 1 is 1.38 bits per heavy atom. The van der Waals surface area contributed by atoms with E-state index in [4.69, 9.17) is 0 Å². The van der Waals surface area contributed by atoms with Crippen LogP contribution in [0.1, 0.15) is 46.5 Å². The van der Waals surface area contributed by atoms with E-state index >= 15 is 0 Å². The van der Waals surface area contributed by atoms with Crippen LogP contribution >= 0.6 is 11.8 Å². The highest BCUT2D eigenvalue weighted by Crippen LogP contribution is 2.39. The van der Waals surface area contributed by atoms with Gasteiger partial charge in [-0.2, -0.15) is 0 Å². The SMILES string of the molecule is CCC1CSC2(CCCN(C(C)C)CC2)N1. The van der Waals surface area contributed by atoms with Crippen LogP contribution < -0.4 is 5.32 Å². The molecule has 2 atom stereocenters. The first-order chi connectivity index (χ1) is 7.65. The molecule has 16 heavy (non-hydrogen) atoms. The first-order valence-electron chi connectivity index (χ1n) is 6.81. The van der Waals surface area contributed by atoms with Gasteiger partial charge in [0, 0.05) is 24.4 Å². The summed E-state index contributed by atoms with van der Waals surface area (Å²) in [5, 5.41) is 3.89. The molecule has 0 bridgehead atoms. The fourth-order valence-corrected chi connectivity index (χ4v) is 4.48. The third-order valence-electron chi connectivity index (χ3n) is 4.08. The highest BCUT2D eigenvalue weighted by atomic mass is 32.2. The fourth-order valence-electron chi connectivity index (χ4n) is 2.87. The van der Waals surface area contributed by atoms with Crippen LogP contribution in [0.5, 0.6) is 0 Å². The van der Waals surface area contributed by atoms with Crippen LogP contribution in [-0.4, -0.2) is 40.7 Å². The Kier molecular flexibility index (Phi) is 4.20. The van der Waals surface area contributed by atoms with E-state index in [0.717, 1.165) is 6.04 Å². The van der Waals surface area contributed by atoms with E-state index in [2.05, 4.69) is 42.7 Å². The maximum absolute atomic E-state index is 3.89. The zero-order valence-corrected chi connectivity index (χ0v) is 11.8. The number of likely N-dealkylation sites (tertiary alicyclic amines) is 1. The summed E-state index contributed by atoms with van der Waals surface area (Å²) < 4.78 is 0. The molecular weight excluding hydrogens is 216 g/mol. The Morgan fingerprint density at radius 3 is 2.81 bits per heavy atom. The molecule has 0 amide bonds. The number of thioether (sulfide) groups is 1. The quantitative estimate of drug-likeness (QED) is 0.801. The van der Waals surface area contributed by atoms with E-state index in [-0.39, 0.29) is 0 Å². The van der Waals surface area contributed by atoms with Gasteiger partial charge in [0.15, 0.2) is 0 Å². The van der Waals surface area contributed by atoms with Gasteiger partial charge >= 0.3 is 0 Å². The normalized spacial score (nSPS) is 37.1. The molecule has 2 heterocycles. The van der Waals surface area contributed by atoms with Gasteiger partial charge in [-0.15, -0.1) is 11.8 Å². The molecule has 2 unspecified atom stereocenters. The largest absolute Gasteiger partial charge is 0.301 e. The predicted octanol–water partition coefficient (Wildman–Crippen LogP) is 2.69. The Hall–Kier alpha value is 0.270. The lowest BCUT2D eigenvalue weighted by molar-refractivity contribution is 0.227. The average Bonchev–Trinajstić information content (AvgIpc) is 2.53. The van der Waals surface area contributed by atoms with Crippen LogP contribution in [0, 0.1) is 0 Å². The Labute approximate surface area is 105 Å².